The van der Waals surface area contributed by atoms with Crippen LogP contribution in [0.3, 0.4) is 0 Å². The van der Waals surface area contributed by atoms with Gasteiger partial charge < -0.3 is 5.32 Å². The van der Waals surface area contributed by atoms with Crippen LogP contribution in [0, 0.1) is 5.92 Å². The van der Waals surface area contributed by atoms with Crippen molar-refractivity contribution < 1.29 is 0 Å². The van der Waals surface area contributed by atoms with E-state index in [2.05, 4.69) is 29.7 Å². The molecular formula is C15H20ClN3S. The summed E-state index contributed by atoms with van der Waals surface area (Å²) in [4.78, 5) is 0. The molecule has 0 saturated carbocycles. The van der Waals surface area contributed by atoms with Crippen LogP contribution in [0.5, 0.6) is 0 Å². The molecule has 0 amide bonds. The fraction of sp³-hybridized carbons (Fsp3) is 0.333. The zero-order valence-electron chi connectivity index (χ0n) is 12.0. The fourth-order valence-electron chi connectivity index (χ4n) is 1.30. The Balaban J connectivity index is 2.45. The van der Waals surface area contributed by atoms with Gasteiger partial charge in [0.1, 0.15) is 0 Å². The highest BCUT2D eigenvalue weighted by Gasteiger charge is 1.96. The molecule has 1 aromatic rings. The van der Waals surface area contributed by atoms with Crippen molar-refractivity contribution >= 4 is 40.7 Å². The average molecular weight is 310 g/mol. The Hall–Kier alpha value is -1.39. The summed E-state index contributed by atoms with van der Waals surface area (Å²) in [5.74, 6) is 0.546. The van der Waals surface area contributed by atoms with Crippen molar-refractivity contribution in [1.82, 2.24) is 10.7 Å². The molecule has 108 valence electrons. The first-order valence-corrected chi connectivity index (χ1v) is 7.28. The highest BCUT2D eigenvalue weighted by Crippen LogP contribution is 2.10. The fourth-order valence-corrected chi connectivity index (χ4v) is 1.56. The molecule has 0 bridgehead atoms. The number of hydrogen-bond donors (Lipinski definition) is 2. The van der Waals surface area contributed by atoms with Crippen LogP contribution >= 0.6 is 23.8 Å². The Morgan fingerprint density at radius 1 is 1.35 bits per heavy atom. The minimum Gasteiger partial charge on any atom is -0.361 e. The van der Waals surface area contributed by atoms with Gasteiger partial charge in [-0.15, -0.1) is 0 Å². The maximum Gasteiger partial charge on any atom is 0.186 e. The number of nitrogens with zero attached hydrogens (tertiary/aromatic N) is 1. The topological polar surface area (TPSA) is 36.4 Å². The summed E-state index contributed by atoms with van der Waals surface area (Å²) in [5.41, 5.74) is 4.73. The highest BCUT2D eigenvalue weighted by molar-refractivity contribution is 7.80. The highest BCUT2D eigenvalue weighted by atomic mass is 35.5. The molecule has 0 aliphatic heterocycles. The van der Waals surface area contributed by atoms with E-state index in [4.69, 9.17) is 23.8 Å². The largest absolute Gasteiger partial charge is 0.361 e. The van der Waals surface area contributed by atoms with E-state index in [1.165, 1.54) is 0 Å². The molecule has 0 saturated heterocycles. The van der Waals surface area contributed by atoms with Gasteiger partial charge in [-0.3, -0.25) is 5.43 Å². The summed E-state index contributed by atoms with van der Waals surface area (Å²) in [6.45, 7) is 6.99. The van der Waals surface area contributed by atoms with Crippen molar-refractivity contribution in [1.29, 1.82) is 0 Å². The molecule has 1 aromatic carbocycles. The first-order chi connectivity index (χ1) is 9.47. The lowest BCUT2D eigenvalue weighted by atomic mass is 10.2. The summed E-state index contributed by atoms with van der Waals surface area (Å²) in [7, 11) is 0. The number of allylic oxidation sites excluding steroid dienone is 1. The quantitative estimate of drug-likeness (QED) is 0.493. The summed E-state index contributed by atoms with van der Waals surface area (Å²) in [6, 6.07) is 7.62. The molecule has 0 unspecified atom stereocenters. The minimum absolute atomic E-state index is 0.540. The maximum atomic E-state index is 5.83. The number of hydrazone groups is 1. The number of thiocarbonyl (C=S) groups is 1. The van der Waals surface area contributed by atoms with Gasteiger partial charge in [0.15, 0.2) is 5.11 Å². The van der Waals surface area contributed by atoms with E-state index in [1.807, 2.05) is 43.3 Å². The van der Waals surface area contributed by atoms with E-state index in [9.17, 15) is 0 Å². The normalized spacial score (nSPS) is 11.9. The zero-order chi connectivity index (χ0) is 15.0. The van der Waals surface area contributed by atoms with Crippen LogP contribution in [0.2, 0.25) is 5.02 Å². The first kappa shape index (κ1) is 16.7. The Morgan fingerprint density at radius 3 is 2.60 bits per heavy atom. The van der Waals surface area contributed by atoms with Crippen molar-refractivity contribution in [2.75, 3.05) is 6.54 Å². The second kappa shape index (κ2) is 8.72. The van der Waals surface area contributed by atoms with E-state index in [0.29, 0.717) is 11.0 Å². The second-order valence-electron chi connectivity index (χ2n) is 4.85. The minimum atomic E-state index is 0.540. The van der Waals surface area contributed by atoms with Gasteiger partial charge in [0.25, 0.3) is 0 Å². The van der Waals surface area contributed by atoms with Gasteiger partial charge in [0, 0.05) is 11.6 Å². The summed E-state index contributed by atoms with van der Waals surface area (Å²) in [5, 5.41) is 8.55. The van der Waals surface area contributed by atoms with Crippen LogP contribution in [0.25, 0.3) is 6.08 Å². The Morgan fingerprint density at radius 2 is 2.00 bits per heavy atom. The Kier molecular flexibility index (Phi) is 7.26. The van der Waals surface area contributed by atoms with E-state index in [1.54, 1.807) is 0 Å². The first-order valence-electron chi connectivity index (χ1n) is 6.49. The molecular weight excluding hydrogens is 290 g/mol. The molecule has 0 radical (unpaired) electrons. The van der Waals surface area contributed by atoms with Gasteiger partial charge >= 0.3 is 0 Å². The van der Waals surface area contributed by atoms with Gasteiger partial charge in [-0.25, -0.2) is 0 Å². The summed E-state index contributed by atoms with van der Waals surface area (Å²) >= 11 is 10.9. The van der Waals surface area contributed by atoms with Crippen molar-refractivity contribution in [3.05, 3.63) is 40.9 Å². The number of halogens is 1. The molecule has 0 aliphatic carbocycles. The lowest BCUT2D eigenvalue weighted by Gasteiger charge is -2.09. The Bertz CT molecular complexity index is 492. The van der Waals surface area contributed by atoms with Crippen LogP contribution in [-0.4, -0.2) is 17.4 Å². The lowest BCUT2D eigenvalue weighted by molar-refractivity contribution is 0.621. The Labute approximate surface area is 131 Å². The van der Waals surface area contributed by atoms with Crippen molar-refractivity contribution in [2.45, 2.75) is 20.8 Å². The van der Waals surface area contributed by atoms with E-state index < -0.39 is 0 Å². The van der Waals surface area contributed by atoms with Crippen molar-refractivity contribution in [3.63, 3.8) is 0 Å². The monoisotopic (exact) mass is 309 g/mol. The molecule has 2 N–H and O–H groups in total. The van der Waals surface area contributed by atoms with Crippen LogP contribution < -0.4 is 10.7 Å². The molecule has 3 nitrogen and oxygen atoms in total. The molecule has 20 heavy (non-hydrogen) atoms. The number of hydrogen-bond acceptors (Lipinski definition) is 2. The van der Waals surface area contributed by atoms with Gasteiger partial charge in [-0.05, 0) is 48.8 Å². The molecule has 0 heterocycles. The zero-order valence-corrected chi connectivity index (χ0v) is 13.6. The third kappa shape index (κ3) is 7.26. The van der Waals surface area contributed by atoms with Gasteiger partial charge in [0.2, 0.25) is 0 Å². The maximum absolute atomic E-state index is 5.83. The molecule has 0 spiro atoms. The van der Waals surface area contributed by atoms with Gasteiger partial charge in [0.05, 0.1) is 5.71 Å². The van der Waals surface area contributed by atoms with Crippen molar-refractivity contribution in [2.24, 2.45) is 11.0 Å². The predicted molar refractivity (Wildman–Crippen MR) is 92.2 cm³/mol. The molecule has 0 aliphatic rings. The van der Waals surface area contributed by atoms with Gasteiger partial charge in [-0.2, -0.15) is 5.10 Å². The van der Waals surface area contributed by atoms with Crippen LogP contribution in [0.1, 0.15) is 26.3 Å². The average Bonchev–Trinajstić information content (AvgIpc) is 2.42. The third-order valence-corrected chi connectivity index (χ3v) is 2.88. The van der Waals surface area contributed by atoms with Crippen LogP contribution in [0.15, 0.2) is 35.4 Å². The number of benzene rings is 1. The number of rotatable bonds is 5. The van der Waals surface area contributed by atoms with Crippen molar-refractivity contribution in [3.8, 4) is 0 Å². The van der Waals surface area contributed by atoms with E-state index in [-0.39, 0.29) is 0 Å². The predicted octanol–water partition coefficient (Wildman–Crippen LogP) is 3.85. The molecule has 0 atom stereocenters. The van der Waals surface area contributed by atoms with E-state index in [0.717, 1.165) is 22.8 Å². The third-order valence-electron chi connectivity index (χ3n) is 2.39. The number of nitrogens with one attached hydrogen (secondary N) is 2. The standard InChI is InChI=1S/C15H20ClN3S/c1-11(2)10-17-15(20)19-18-12(3)4-5-13-6-8-14(16)9-7-13/h4-9,11H,10H2,1-3H3,(H2,17,19,20)/b5-4-,18-12+. The smallest absolute Gasteiger partial charge is 0.186 e. The molecule has 0 aromatic heterocycles. The summed E-state index contributed by atoms with van der Waals surface area (Å²) in [6.07, 6.45) is 3.89. The second-order valence-corrected chi connectivity index (χ2v) is 5.70. The molecule has 0 fully saturated rings. The molecule has 5 heteroatoms. The van der Waals surface area contributed by atoms with Gasteiger partial charge in [-0.1, -0.05) is 43.7 Å². The van der Waals surface area contributed by atoms with E-state index >= 15 is 0 Å². The van der Waals surface area contributed by atoms with Crippen LogP contribution in [-0.2, 0) is 0 Å². The van der Waals surface area contributed by atoms with Crippen LogP contribution in [0.4, 0.5) is 0 Å². The lowest BCUT2D eigenvalue weighted by Crippen LogP contribution is -2.34. The SMILES string of the molecule is CC(/C=C\c1ccc(Cl)cc1)=N\NC(=S)NCC(C)C. The molecule has 1 rings (SSSR count). The summed E-state index contributed by atoms with van der Waals surface area (Å²) < 4.78 is 0.